The number of amides is 2. The normalized spacial score (nSPS) is 13.8. The molecule has 19 heavy (non-hydrogen) atoms. The molecule has 0 atom stereocenters. The second kappa shape index (κ2) is 3.95. The van der Waals surface area contributed by atoms with Crippen molar-refractivity contribution >= 4 is 34.8 Å². The minimum atomic E-state index is -0.477. The fraction of sp³-hybridized carbons (Fsp3) is 0. The predicted molar refractivity (Wildman–Crippen MR) is 69.9 cm³/mol. The number of fused-ring (bicyclic) bond motifs is 1. The maximum absolute atomic E-state index is 12.2. The summed E-state index contributed by atoms with van der Waals surface area (Å²) in [7, 11) is 0. The van der Waals surface area contributed by atoms with Crippen LogP contribution >= 0.6 is 12.2 Å². The van der Waals surface area contributed by atoms with Gasteiger partial charge in [0.2, 0.25) is 0 Å². The standard InChI is InChI=1S/C11H7N5O2S/c12-8(19)7-4-14-15-9(7)16-10(17)5-1-2-13-3-6(5)11(16)18/h1-4H,(H2,12,19)(H,14,15). The van der Waals surface area contributed by atoms with Crippen LogP contribution in [-0.2, 0) is 0 Å². The molecular weight excluding hydrogens is 266 g/mol. The van der Waals surface area contributed by atoms with Crippen molar-refractivity contribution in [3.63, 3.8) is 0 Å². The van der Waals surface area contributed by atoms with Crippen molar-refractivity contribution in [3.05, 3.63) is 41.3 Å². The summed E-state index contributed by atoms with van der Waals surface area (Å²) in [6, 6.07) is 1.49. The fourth-order valence-corrected chi connectivity index (χ4v) is 2.07. The number of carbonyl (C=O) groups excluding carboxylic acids is 2. The van der Waals surface area contributed by atoms with Crippen LogP contribution in [0.5, 0.6) is 0 Å². The van der Waals surface area contributed by atoms with Crippen LogP contribution in [0.4, 0.5) is 5.82 Å². The van der Waals surface area contributed by atoms with Gasteiger partial charge in [0.25, 0.3) is 11.8 Å². The van der Waals surface area contributed by atoms with Crippen LogP contribution in [-0.4, -0.2) is 32.0 Å². The van der Waals surface area contributed by atoms with E-state index in [4.69, 9.17) is 18.0 Å². The Morgan fingerprint density at radius 1 is 1.26 bits per heavy atom. The number of aromatic nitrogens is 3. The van der Waals surface area contributed by atoms with E-state index in [0.717, 1.165) is 4.90 Å². The lowest BCUT2D eigenvalue weighted by molar-refractivity contribution is 0.0925. The van der Waals surface area contributed by atoms with Gasteiger partial charge in [0, 0.05) is 12.4 Å². The monoisotopic (exact) mass is 273 g/mol. The number of carbonyl (C=O) groups is 2. The number of imide groups is 1. The van der Waals surface area contributed by atoms with Gasteiger partial charge in [-0.3, -0.25) is 19.7 Å². The number of hydrogen-bond acceptors (Lipinski definition) is 5. The molecule has 0 bridgehead atoms. The van der Waals surface area contributed by atoms with Gasteiger partial charge in [-0.2, -0.15) is 5.10 Å². The molecule has 0 spiro atoms. The van der Waals surface area contributed by atoms with E-state index in [1.807, 2.05) is 0 Å². The quantitative estimate of drug-likeness (QED) is 0.600. The first-order valence-corrected chi connectivity index (χ1v) is 5.68. The topological polar surface area (TPSA) is 105 Å². The van der Waals surface area contributed by atoms with E-state index in [9.17, 15) is 9.59 Å². The number of pyridine rings is 1. The second-order valence-corrected chi connectivity index (χ2v) is 4.30. The first-order chi connectivity index (χ1) is 9.11. The van der Waals surface area contributed by atoms with E-state index in [-0.39, 0.29) is 16.4 Å². The Morgan fingerprint density at radius 3 is 2.68 bits per heavy atom. The molecule has 2 aromatic heterocycles. The van der Waals surface area contributed by atoms with Crippen LogP contribution in [0.2, 0.25) is 0 Å². The number of thiocarbonyl (C=S) groups is 1. The average molecular weight is 273 g/mol. The van der Waals surface area contributed by atoms with Crippen LogP contribution in [0.25, 0.3) is 0 Å². The van der Waals surface area contributed by atoms with Crippen molar-refractivity contribution in [2.75, 3.05) is 4.90 Å². The molecule has 2 aromatic rings. The van der Waals surface area contributed by atoms with Gasteiger partial charge in [0.1, 0.15) is 10.8 Å². The molecule has 0 radical (unpaired) electrons. The zero-order valence-electron chi connectivity index (χ0n) is 9.45. The lowest BCUT2D eigenvalue weighted by atomic mass is 10.2. The molecule has 0 aromatic carbocycles. The van der Waals surface area contributed by atoms with Crippen molar-refractivity contribution in [1.29, 1.82) is 0 Å². The summed E-state index contributed by atoms with van der Waals surface area (Å²) in [5.74, 6) is -0.752. The van der Waals surface area contributed by atoms with Gasteiger partial charge >= 0.3 is 0 Å². The molecular formula is C11H7N5O2S. The smallest absolute Gasteiger partial charge is 0.268 e. The van der Waals surface area contributed by atoms with Crippen LogP contribution < -0.4 is 10.6 Å². The zero-order chi connectivity index (χ0) is 13.6. The summed E-state index contributed by atoms with van der Waals surface area (Å²) in [6.45, 7) is 0. The molecule has 1 aliphatic rings. The molecule has 3 rings (SSSR count). The number of H-pyrrole nitrogens is 1. The van der Waals surface area contributed by atoms with Crippen molar-refractivity contribution in [1.82, 2.24) is 15.2 Å². The number of nitrogens with one attached hydrogen (secondary N) is 1. The maximum atomic E-state index is 12.2. The predicted octanol–water partition coefficient (Wildman–Crippen LogP) is 0.240. The number of nitrogens with zero attached hydrogens (tertiary/aromatic N) is 3. The Kier molecular flexibility index (Phi) is 2.39. The molecule has 3 heterocycles. The van der Waals surface area contributed by atoms with Crippen molar-refractivity contribution in [2.45, 2.75) is 0 Å². The molecule has 0 unspecified atom stereocenters. The first-order valence-electron chi connectivity index (χ1n) is 5.27. The Hall–Kier alpha value is -2.61. The van der Waals surface area contributed by atoms with E-state index < -0.39 is 11.8 Å². The van der Waals surface area contributed by atoms with E-state index in [1.54, 1.807) is 0 Å². The lowest BCUT2D eigenvalue weighted by Gasteiger charge is -2.12. The second-order valence-electron chi connectivity index (χ2n) is 3.86. The highest BCUT2D eigenvalue weighted by Crippen LogP contribution is 2.28. The molecule has 8 heteroatoms. The number of anilines is 1. The van der Waals surface area contributed by atoms with Crippen molar-refractivity contribution in [3.8, 4) is 0 Å². The summed E-state index contributed by atoms with van der Waals surface area (Å²) in [5, 5.41) is 6.34. The van der Waals surface area contributed by atoms with Crippen molar-refractivity contribution in [2.24, 2.45) is 5.73 Å². The number of rotatable bonds is 2. The Morgan fingerprint density at radius 2 is 2.00 bits per heavy atom. The number of nitrogens with two attached hydrogens (primary N) is 1. The summed E-state index contributed by atoms with van der Waals surface area (Å²) < 4.78 is 0. The number of hydrogen-bond donors (Lipinski definition) is 2. The van der Waals surface area contributed by atoms with Gasteiger partial charge in [-0.25, -0.2) is 4.90 Å². The van der Waals surface area contributed by atoms with E-state index in [1.165, 1.54) is 24.7 Å². The van der Waals surface area contributed by atoms with Crippen LogP contribution in [0.1, 0.15) is 26.3 Å². The minimum Gasteiger partial charge on any atom is -0.389 e. The summed E-state index contributed by atoms with van der Waals surface area (Å²) >= 11 is 4.86. The third kappa shape index (κ3) is 1.54. The minimum absolute atomic E-state index is 0.0541. The Bertz CT molecular complexity index is 688. The van der Waals surface area contributed by atoms with Gasteiger partial charge in [-0.15, -0.1) is 0 Å². The van der Waals surface area contributed by atoms with E-state index in [2.05, 4.69) is 15.2 Å². The van der Waals surface area contributed by atoms with Gasteiger partial charge in [0.15, 0.2) is 0 Å². The van der Waals surface area contributed by atoms with Gasteiger partial charge < -0.3 is 5.73 Å². The molecule has 0 saturated carbocycles. The lowest BCUT2D eigenvalue weighted by Crippen LogP contribution is -2.31. The third-order valence-electron chi connectivity index (χ3n) is 2.80. The molecule has 7 nitrogen and oxygen atoms in total. The first kappa shape index (κ1) is 11.5. The molecule has 94 valence electrons. The van der Waals surface area contributed by atoms with Gasteiger partial charge in [-0.05, 0) is 6.07 Å². The number of aromatic amines is 1. The van der Waals surface area contributed by atoms with E-state index in [0.29, 0.717) is 11.1 Å². The molecule has 0 saturated heterocycles. The fourth-order valence-electron chi connectivity index (χ4n) is 1.92. The highest BCUT2D eigenvalue weighted by atomic mass is 32.1. The summed E-state index contributed by atoms with van der Waals surface area (Å²) in [4.78, 5) is 29.3. The summed E-state index contributed by atoms with van der Waals surface area (Å²) in [5.41, 5.74) is 6.42. The molecule has 3 N–H and O–H groups in total. The molecule has 0 fully saturated rings. The molecule has 2 amide bonds. The van der Waals surface area contributed by atoms with Crippen molar-refractivity contribution < 1.29 is 9.59 Å². The Labute approximate surface area is 112 Å². The summed E-state index contributed by atoms with van der Waals surface area (Å²) in [6.07, 6.45) is 4.18. The zero-order valence-corrected chi connectivity index (χ0v) is 10.3. The SMILES string of the molecule is NC(=S)c1cn[nH]c1N1C(=O)c2ccncc2C1=O. The Balaban J connectivity index is 2.14. The largest absolute Gasteiger partial charge is 0.389 e. The van der Waals surface area contributed by atoms with Crippen LogP contribution in [0.3, 0.4) is 0 Å². The average Bonchev–Trinajstić information content (AvgIpc) is 2.95. The highest BCUT2D eigenvalue weighted by Gasteiger charge is 2.38. The van der Waals surface area contributed by atoms with Crippen LogP contribution in [0.15, 0.2) is 24.7 Å². The molecule has 1 aliphatic heterocycles. The van der Waals surface area contributed by atoms with Gasteiger partial charge in [-0.1, -0.05) is 12.2 Å². The van der Waals surface area contributed by atoms with Crippen LogP contribution in [0, 0.1) is 0 Å². The van der Waals surface area contributed by atoms with Gasteiger partial charge in [0.05, 0.1) is 22.9 Å². The maximum Gasteiger partial charge on any atom is 0.268 e. The highest BCUT2D eigenvalue weighted by molar-refractivity contribution is 7.80. The molecule has 0 aliphatic carbocycles. The third-order valence-corrected chi connectivity index (χ3v) is 3.02. The van der Waals surface area contributed by atoms with E-state index >= 15 is 0 Å².